The van der Waals surface area contributed by atoms with Crippen LogP contribution in [0.2, 0.25) is 10.0 Å². The molecule has 2 aromatic rings. The normalized spacial score (nSPS) is 12.0. The molecule has 0 aliphatic rings. The van der Waals surface area contributed by atoms with Gasteiger partial charge >= 0.3 is 5.97 Å². The van der Waals surface area contributed by atoms with Crippen LogP contribution in [0.15, 0.2) is 22.7 Å². The molecule has 0 amide bonds. The van der Waals surface area contributed by atoms with E-state index < -0.39 is 12.1 Å². The van der Waals surface area contributed by atoms with E-state index in [2.05, 4.69) is 10.1 Å². The number of ether oxygens (including phenoxy) is 2. The summed E-state index contributed by atoms with van der Waals surface area (Å²) in [5.41, 5.74) is 0. The lowest BCUT2D eigenvalue weighted by Gasteiger charge is -2.11. The van der Waals surface area contributed by atoms with E-state index in [9.17, 15) is 4.79 Å². The van der Waals surface area contributed by atoms with E-state index in [0.29, 0.717) is 28.0 Å². The molecule has 124 valence electrons. The molecule has 0 saturated heterocycles. The van der Waals surface area contributed by atoms with Crippen molar-refractivity contribution in [3.8, 4) is 5.75 Å². The first-order valence-corrected chi connectivity index (χ1v) is 7.85. The van der Waals surface area contributed by atoms with Gasteiger partial charge in [-0.1, -0.05) is 35.3 Å². The predicted molar refractivity (Wildman–Crippen MR) is 84.8 cm³/mol. The average molecular weight is 359 g/mol. The number of halogens is 2. The molecular weight excluding hydrogens is 343 g/mol. The summed E-state index contributed by atoms with van der Waals surface area (Å²) < 4.78 is 15.5. The van der Waals surface area contributed by atoms with Gasteiger partial charge in [0.1, 0.15) is 5.75 Å². The largest absolute Gasteiger partial charge is 0.480 e. The van der Waals surface area contributed by atoms with Crippen molar-refractivity contribution < 1.29 is 18.8 Å². The van der Waals surface area contributed by atoms with Gasteiger partial charge in [0.15, 0.2) is 18.5 Å². The molecule has 23 heavy (non-hydrogen) atoms. The third kappa shape index (κ3) is 5.11. The highest BCUT2D eigenvalue weighted by molar-refractivity contribution is 6.35. The van der Waals surface area contributed by atoms with E-state index in [1.54, 1.807) is 19.1 Å². The van der Waals surface area contributed by atoms with Crippen molar-refractivity contribution in [2.75, 3.05) is 6.61 Å². The molecule has 0 aliphatic heterocycles. The monoisotopic (exact) mass is 358 g/mol. The maximum atomic E-state index is 11.8. The highest BCUT2D eigenvalue weighted by Gasteiger charge is 2.19. The number of esters is 1. The lowest BCUT2D eigenvalue weighted by atomic mass is 10.3. The maximum Gasteiger partial charge on any atom is 0.344 e. The van der Waals surface area contributed by atoms with Crippen LogP contribution in [-0.4, -0.2) is 22.7 Å². The lowest BCUT2D eigenvalue weighted by molar-refractivity contribution is -0.152. The fourth-order valence-electron chi connectivity index (χ4n) is 1.77. The Morgan fingerprint density at radius 3 is 2.87 bits per heavy atom. The van der Waals surface area contributed by atoms with Crippen molar-refractivity contribution in [1.29, 1.82) is 0 Å². The van der Waals surface area contributed by atoms with E-state index in [4.69, 9.17) is 37.2 Å². The van der Waals surface area contributed by atoms with Gasteiger partial charge in [0.25, 0.3) is 5.89 Å². The number of hydrogen-bond donors (Lipinski definition) is 0. The summed E-state index contributed by atoms with van der Waals surface area (Å²) in [6.45, 7) is 3.37. The molecule has 2 rings (SSSR count). The Bertz CT molecular complexity index is 675. The summed E-state index contributed by atoms with van der Waals surface area (Å²) in [6, 6.07) is 4.72. The van der Waals surface area contributed by atoms with E-state index in [-0.39, 0.29) is 12.5 Å². The van der Waals surface area contributed by atoms with Crippen molar-refractivity contribution in [1.82, 2.24) is 10.1 Å². The zero-order valence-corrected chi connectivity index (χ0v) is 14.2. The van der Waals surface area contributed by atoms with Gasteiger partial charge < -0.3 is 14.0 Å². The summed E-state index contributed by atoms with van der Waals surface area (Å²) in [6.07, 6.45) is 0.968. The number of carbonyl (C=O) groups excluding carboxylic acids is 1. The minimum atomic E-state index is -0.648. The van der Waals surface area contributed by atoms with Crippen molar-refractivity contribution >= 4 is 29.2 Å². The lowest BCUT2D eigenvalue weighted by Crippen LogP contribution is -2.17. The zero-order valence-electron chi connectivity index (χ0n) is 12.7. The number of hydrogen-bond acceptors (Lipinski definition) is 6. The minimum Gasteiger partial charge on any atom is -0.480 e. The topological polar surface area (TPSA) is 74.5 Å². The standard InChI is InChI=1S/C15H16Cl2N2O4/c1-3-4-13-18-15(23-19-13)9(2)22-14(20)8-21-12-6-5-10(16)7-11(12)17/h5-7,9H,3-4,8H2,1-2H3. The number of rotatable bonds is 7. The number of carbonyl (C=O) groups is 1. The number of aryl methyl sites for hydroxylation is 1. The molecule has 8 heteroatoms. The molecule has 0 aliphatic carbocycles. The second-order valence-corrected chi connectivity index (χ2v) is 5.64. The molecule has 0 bridgehead atoms. The first-order valence-electron chi connectivity index (χ1n) is 7.09. The van der Waals surface area contributed by atoms with Gasteiger partial charge in [0.2, 0.25) is 0 Å². The van der Waals surface area contributed by atoms with Crippen molar-refractivity contribution in [3.63, 3.8) is 0 Å². The van der Waals surface area contributed by atoms with Crippen molar-refractivity contribution in [2.45, 2.75) is 32.8 Å². The SMILES string of the molecule is CCCc1noc(C(C)OC(=O)COc2ccc(Cl)cc2Cl)n1. The van der Waals surface area contributed by atoms with Crippen LogP contribution in [-0.2, 0) is 16.0 Å². The summed E-state index contributed by atoms with van der Waals surface area (Å²) in [7, 11) is 0. The first kappa shape index (κ1) is 17.6. The number of aromatic nitrogens is 2. The van der Waals surface area contributed by atoms with Gasteiger partial charge in [0.05, 0.1) is 5.02 Å². The van der Waals surface area contributed by atoms with Gasteiger partial charge in [-0.15, -0.1) is 0 Å². The Balaban J connectivity index is 1.86. The third-order valence-corrected chi connectivity index (χ3v) is 3.38. The third-order valence-electron chi connectivity index (χ3n) is 2.85. The van der Waals surface area contributed by atoms with Gasteiger partial charge in [-0.05, 0) is 31.5 Å². The van der Waals surface area contributed by atoms with Crippen LogP contribution in [0.3, 0.4) is 0 Å². The Hall–Kier alpha value is -1.79. The van der Waals surface area contributed by atoms with Gasteiger partial charge in [-0.25, -0.2) is 4.79 Å². The minimum absolute atomic E-state index is 0.256. The zero-order chi connectivity index (χ0) is 16.8. The molecule has 6 nitrogen and oxygen atoms in total. The smallest absolute Gasteiger partial charge is 0.344 e. The summed E-state index contributed by atoms with van der Waals surface area (Å²) in [5, 5.41) is 4.61. The molecule has 0 radical (unpaired) electrons. The van der Waals surface area contributed by atoms with Crippen LogP contribution >= 0.6 is 23.2 Å². The molecule has 1 aromatic carbocycles. The summed E-state index contributed by atoms with van der Waals surface area (Å²) in [4.78, 5) is 16.0. The molecule has 1 heterocycles. The molecule has 1 aromatic heterocycles. The number of benzene rings is 1. The van der Waals surface area contributed by atoms with E-state index in [1.165, 1.54) is 6.07 Å². The molecular formula is C15H16Cl2N2O4. The van der Waals surface area contributed by atoms with Crippen molar-refractivity contribution in [3.05, 3.63) is 40.0 Å². The highest BCUT2D eigenvalue weighted by Crippen LogP contribution is 2.27. The summed E-state index contributed by atoms with van der Waals surface area (Å²) in [5.74, 6) is 0.628. The van der Waals surface area contributed by atoms with Gasteiger partial charge in [0, 0.05) is 11.4 Å². The van der Waals surface area contributed by atoms with Crippen LogP contribution in [0.1, 0.15) is 38.1 Å². The van der Waals surface area contributed by atoms with Crippen LogP contribution in [0, 0.1) is 0 Å². The molecule has 0 saturated carbocycles. The molecule has 1 unspecified atom stereocenters. The van der Waals surface area contributed by atoms with Crippen LogP contribution in [0.25, 0.3) is 0 Å². The van der Waals surface area contributed by atoms with Crippen molar-refractivity contribution in [2.24, 2.45) is 0 Å². The van der Waals surface area contributed by atoms with Gasteiger partial charge in [-0.2, -0.15) is 4.98 Å². The van der Waals surface area contributed by atoms with Gasteiger partial charge in [-0.3, -0.25) is 0 Å². The number of nitrogens with zero attached hydrogens (tertiary/aromatic N) is 2. The Morgan fingerprint density at radius 2 is 2.17 bits per heavy atom. The Kier molecular flexibility index (Phi) is 6.24. The van der Waals surface area contributed by atoms with E-state index in [0.717, 1.165) is 6.42 Å². The highest BCUT2D eigenvalue weighted by atomic mass is 35.5. The summed E-state index contributed by atoms with van der Waals surface area (Å²) >= 11 is 11.7. The molecule has 0 fully saturated rings. The predicted octanol–water partition coefficient (Wildman–Crippen LogP) is 4.01. The van der Waals surface area contributed by atoms with Crippen LogP contribution < -0.4 is 4.74 Å². The Labute approximate surface area is 143 Å². The second-order valence-electron chi connectivity index (χ2n) is 4.79. The van der Waals surface area contributed by atoms with E-state index in [1.807, 2.05) is 6.92 Å². The molecule has 0 spiro atoms. The second kappa shape index (κ2) is 8.17. The average Bonchev–Trinajstić information content (AvgIpc) is 2.95. The Morgan fingerprint density at radius 1 is 1.39 bits per heavy atom. The quantitative estimate of drug-likeness (QED) is 0.696. The van der Waals surface area contributed by atoms with E-state index >= 15 is 0 Å². The maximum absolute atomic E-state index is 11.8. The van der Waals surface area contributed by atoms with Crippen LogP contribution in [0.4, 0.5) is 0 Å². The fourth-order valence-corrected chi connectivity index (χ4v) is 2.23. The fraction of sp³-hybridized carbons (Fsp3) is 0.400. The van der Waals surface area contributed by atoms with Crippen LogP contribution in [0.5, 0.6) is 5.75 Å². The molecule has 0 N–H and O–H groups in total. The first-order chi connectivity index (χ1) is 11.0. The molecule has 1 atom stereocenters.